The standard InChI is InChI=1S/C13H20N4OS/c1-18-9-11-15-10-3-2-8-19-12(10)13(16-11)17-6-4-14-5-7-17/h14H,2-9H2,1H3. The van der Waals surface area contributed by atoms with Crippen LogP contribution in [0.2, 0.25) is 0 Å². The van der Waals surface area contributed by atoms with Crippen molar-refractivity contribution in [2.45, 2.75) is 24.3 Å². The van der Waals surface area contributed by atoms with Crippen LogP contribution in [0.1, 0.15) is 17.9 Å². The first-order valence-electron chi connectivity index (χ1n) is 6.85. The number of ether oxygens (including phenoxy) is 1. The van der Waals surface area contributed by atoms with Crippen molar-refractivity contribution in [2.75, 3.05) is 43.9 Å². The Balaban J connectivity index is 1.96. The quantitative estimate of drug-likeness (QED) is 0.894. The molecule has 0 radical (unpaired) electrons. The normalized spacial score (nSPS) is 19.3. The van der Waals surface area contributed by atoms with Crippen LogP contribution in [0, 0.1) is 0 Å². The minimum Gasteiger partial charge on any atom is -0.377 e. The van der Waals surface area contributed by atoms with E-state index in [1.54, 1.807) is 7.11 Å². The number of fused-ring (bicyclic) bond motifs is 1. The lowest BCUT2D eigenvalue weighted by atomic mass is 10.2. The van der Waals surface area contributed by atoms with Gasteiger partial charge in [0.05, 0.1) is 10.6 Å². The van der Waals surface area contributed by atoms with Crippen LogP contribution in [0.25, 0.3) is 0 Å². The van der Waals surface area contributed by atoms with E-state index in [1.807, 2.05) is 11.8 Å². The SMILES string of the molecule is COCc1nc2c(c(N3CCNCC3)n1)SCCC2. The number of hydrogen-bond acceptors (Lipinski definition) is 6. The van der Waals surface area contributed by atoms with Gasteiger partial charge in [0.1, 0.15) is 12.4 Å². The van der Waals surface area contributed by atoms with Gasteiger partial charge in [0.25, 0.3) is 0 Å². The predicted octanol–water partition coefficient (Wildman–Crippen LogP) is 1.07. The number of aromatic nitrogens is 2. The summed E-state index contributed by atoms with van der Waals surface area (Å²) < 4.78 is 5.20. The second-order valence-corrected chi connectivity index (χ2v) is 5.97. The summed E-state index contributed by atoms with van der Waals surface area (Å²) in [5.41, 5.74) is 1.21. The van der Waals surface area contributed by atoms with Crippen molar-refractivity contribution in [1.82, 2.24) is 15.3 Å². The van der Waals surface area contributed by atoms with Crippen LogP contribution in [0.5, 0.6) is 0 Å². The fourth-order valence-electron chi connectivity index (χ4n) is 2.55. The van der Waals surface area contributed by atoms with Crippen molar-refractivity contribution in [3.05, 3.63) is 11.5 Å². The Bertz CT molecular complexity index is 449. The minimum absolute atomic E-state index is 0.497. The number of thioether (sulfide) groups is 1. The topological polar surface area (TPSA) is 50.3 Å². The number of aryl methyl sites for hydroxylation is 1. The predicted molar refractivity (Wildman–Crippen MR) is 76.9 cm³/mol. The molecule has 1 aromatic heterocycles. The fraction of sp³-hybridized carbons (Fsp3) is 0.692. The number of nitrogens with one attached hydrogen (secondary N) is 1. The minimum atomic E-state index is 0.497. The zero-order valence-corrected chi connectivity index (χ0v) is 12.1. The third-order valence-corrected chi connectivity index (χ3v) is 4.66. The van der Waals surface area contributed by atoms with E-state index in [-0.39, 0.29) is 0 Å². The average molecular weight is 280 g/mol. The Labute approximate surface area is 118 Å². The van der Waals surface area contributed by atoms with Crippen LogP contribution in [-0.2, 0) is 17.8 Å². The molecule has 0 amide bonds. The average Bonchev–Trinajstić information content (AvgIpc) is 2.48. The summed E-state index contributed by atoms with van der Waals surface area (Å²) in [6.45, 7) is 4.61. The van der Waals surface area contributed by atoms with E-state index in [2.05, 4.69) is 15.2 Å². The van der Waals surface area contributed by atoms with Crippen molar-refractivity contribution in [3.63, 3.8) is 0 Å². The number of nitrogens with zero attached hydrogens (tertiary/aromatic N) is 3. The number of piperazine rings is 1. The van der Waals surface area contributed by atoms with Crippen LogP contribution in [0.3, 0.4) is 0 Å². The Morgan fingerprint density at radius 1 is 1.32 bits per heavy atom. The number of rotatable bonds is 3. The third kappa shape index (κ3) is 2.85. The van der Waals surface area contributed by atoms with Crippen LogP contribution in [0.15, 0.2) is 4.90 Å². The molecule has 0 atom stereocenters. The summed E-state index contributed by atoms with van der Waals surface area (Å²) in [6.07, 6.45) is 2.28. The molecule has 5 nitrogen and oxygen atoms in total. The van der Waals surface area contributed by atoms with Gasteiger partial charge in [-0.1, -0.05) is 0 Å². The summed E-state index contributed by atoms with van der Waals surface area (Å²) in [6, 6.07) is 0. The van der Waals surface area contributed by atoms with Gasteiger partial charge >= 0.3 is 0 Å². The zero-order valence-electron chi connectivity index (χ0n) is 11.3. The molecule has 3 rings (SSSR count). The Kier molecular flexibility index (Phi) is 4.20. The van der Waals surface area contributed by atoms with Crippen molar-refractivity contribution >= 4 is 17.6 Å². The van der Waals surface area contributed by atoms with Crippen molar-refractivity contribution in [2.24, 2.45) is 0 Å². The molecular weight excluding hydrogens is 260 g/mol. The molecule has 6 heteroatoms. The van der Waals surface area contributed by atoms with Gasteiger partial charge in [0.2, 0.25) is 0 Å². The van der Waals surface area contributed by atoms with Gasteiger partial charge in [0, 0.05) is 33.3 Å². The summed E-state index contributed by atoms with van der Waals surface area (Å²) >= 11 is 1.91. The molecule has 0 aromatic carbocycles. The molecule has 19 heavy (non-hydrogen) atoms. The second-order valence-electron chi connectivity index (χ2n) is 4.86. The second kappa shape index (κ2) is 6.07. The van der Waals surface area contributed by atoms with Crippen molar-refractivity contribution in [1.29, 1.82) is 0 Å². The molecule has 1 N–H and O–H groups in total. The summed E-state index contributed by atoms with van der Waals surface area (Å²) in [7, 11) is 1.70. The maximum Gasteiger partial charge on any atom is 0.156 e. The maximum absolute atomic E-state index is 5.20. The van der Waals surface area contributed by atoms with E-state index in [9.17, 15) is 0 Å². The third-order valence-electron chi connectivity index (χ3n) is 3.46. The number of anilines is 1. The molecule has 0 saturated carbocycles. The van der Waals surface area contributed by atoms with E-state index in [0.29, 0.717) is 6.61 Å². The fourth-order valence-corrected chi connectivity index (χ4v) is 3.66. The summed E-state index contributed by atoms with van der Waals surface area (Å²) in [5.74, 6) is 3.12. The van der Waals surface area contributed by atoms with Crippen LogP contribution < -0.4 is 10.2 Å². The summed E-state index contributed by atoms with van der Waals surface area (Å²) in [4.78, 5) is 13.1. The number of hydrogen-bond donors (Lipinski definition) is 1. The first-order valence-corrected chi connectivity index (χ1v) is 7.84. The molecule has 104 valence electrons. The molecule has 0 aliphatic carbocycles. The first kappa shape index (κ1) is 13.1. The molecule has 1 saturated heterocycles. The molecule has 2 aliphatic rings. The molecule has 1 aromatic rings. The molecule has 0 spiro atoms. The highest BCUT2D eigenvalue weighted by molar-refractivity contribution is 7.99. The maximum atomic E-state index is 5.20. The van der Waals surface area contributed by atoms with Crippen LogP contribution in [-0.4, -0.2) is 49.0 Å². The Hall–Kier alpha value is -0.850. The van der Waals surface area contributed by atoms with E-state index in [4.69, 9.17) is 9.72 Å². The smallest absolute Gasteiger partial charge is 0.156 e. The highest BCUT2D eigenvalue weighted by atomic mass is 32.2. The molecule has 2 aliphatic heterocycles. The summed E-state index contributed by atoms with van der Waals surface area (Å²) in [5, 5.41) is 3.39. The molecular formula is C13H20N4OS. The number of methoxy groups -OCH3 is 1. The first-order chi connectivity index (χ1) is 9.38. The van der Waals surface area contributed by atoms with Gasteiger partial charge in [-0.15, -0.1) is 11.8 Å². The van der Waals surface area contributed by atoms with Crippen LogP contribution in [0.4, 0.5) is 5.82 Å². The lowest BCUT2D eigenvalue weighted by Crippen LogP contribution is -2.44. The molecule has 0 unspecified atom stereocenters. The highest BCUT2D eigenvalue weighted by Gasteiger charge is 2.23. The lowest BCUT2D eigenvalue weighted by molar-refractivity contribution is 0.177. The van der Waals surface area contributed by atoms with Gasteiger partial charge in [-0.3, -0.25) is 0 Å². The van der Waals surface area contributed by atoms with Crippen molar-refractivity contribution < 1.29 is 4.74 Å². The zero-order chi connectivity index (χ0) is 13.1. The monoisotopic (exact) mass is 280 g/mol. The van der Waals surface area contributed by atoms with Gasteiger partial charge in [-0.05, 0) is 18.6 Å². The highest BCUT2D eigenvalue weighted by Crippen LogP contribution is 2.36. The Morgan fingerprint density at radius 3 is 2.95 bits per heavy atom. The van der Waals surface area contributed by atoms with Crippen LogP contribution >= 0.6 is 11.8 Å². The largest absolute Gasteiger partial charge is 0.377 e. The van der Waals surface area contributed by atoms with E-state index < -0.39 is 0 Å². The van der Waals surface area contributed by atoms with Gasteiger partial charge in [-0.25, -0.2) is 9.97 Å². The lowest BCUT2D eigenvalue weighted by Gasteiger charge is -2.31. The van der Waals surface area contributed by atoms with Gasteiger partial charge < -0.3 is 15.0 Å². The Morgan fingerprint density at radius 2 is 2.16 bits per heavy atom. The van der Waals surface area contributed by atoms with Crippen molar-refractivity contribution in [3.8, 4) is 0 Å². The van der Waals surface area contributed by atoms with E-state index >= 15 is 0 Å². The molecule has 1 fully saturated rings. The van der Waals surface area contributed by atoms with Gasteiger partial charge in [0.15, 0.2) is 5.82 Å². The molecule has 0 bridgehead atoms. The van der Waals surface area contributed by atoms with E-state index in [0.717, 1.165) is 44.2 Å². The molecule has 3 heterocycles. The van der Waals surface area contributed by atoms with Gasteiger partial charge in [-0.2, -0.15) is 0 Å². The van der Waals surface area contributed by atoms with E-state index in [1.165, 1.54) is 22.8 Å².